The van der Waals surface area contributed by atoms with E-state index in [-0.39, 0.29) is 29.2 Å². The number of hydrogen-bond donors (Lipinski definition) is 2. The summed E-state index contributed by atoms with van der Waals surface area (Å²) in [5, 5.41) is 10.3. The van der Waals surface area contributed by atoms with E-state index in [2.05, 4.69) is 0 Å². The largest absolute Gasteiger partial charge is 0.508 e. The quantitative estimate of drug-likeness (QED) is 0.656. The van der Waals surface area contributed by atoms with Gasteiger partial charge >= 0.3 is 0 Å². The summed E-state index contributed by atoms with van der Waals surface area (Å²) in [6.07, 6.45) is -2.71. The molecule has 0 amide bonds. The molecule has 0 heterocycles. The Labute approximate surface area is 125 Å². The van der Waals surface area contributed by atoms with Gasteiger partial charge in [-0.15, -0.1) is 0 Å². The first-order chi connectivity index (χ1) is 10.4. The summed E-state index contributed by atoms with van der Waals surface area (Å²) in [6, 6.07) is 7.64. The molecule has 4 nitrogen and oxygen atoms in total. The van der Waals surface area contributed by atoms with Crippen molar-refractivity contribution in [3.05, 3.63) is 53.3 Å². The minimum absolute atomic E-state index is 0.146. The molecule has 2 aromatic carbocycles. The van der Waals surface area contributed by atoms with Crippen molar-refractivity contribution in [1.29, 1.82) is 0 Å². The molecule has 0 radical (unpaired) electrons. The van der Waals surface area contributed by atoms with Crippen molar-refractivity contribution in [2.75, 3.05) is 12.1 Å². The Bertz CT molecular complexity index is 637. The van der Waals surface area contributed by atoms with Gasteiger partial charge in [-0.05, 0) is 18.2 Å². The van der Waals surface area contributed by atoms with E-state index in [0.29, 0.717) is 5.69 Å². The fourth-order valence-electron chi connectivity index (χ4n) is 2.04. The van der Waals surface area contributed by atoms with E-state index in [4.69, 9.17) is 15.7 Å². The summed E-state index contributed by atoms with van der Waals surface area (Å²) in [4.78, 5) is 0. The number of halogens is 3. The maximum absolute atomic E-state index is 13.6. The number of phenolic OH excluding ortho intramolecular Hbond substituents is 1. The van der Waals surface area contributed by atoms with E-state index in [9.17, 15) is 13.2 Å². The van der Waals surface area contributed by atoms with Gasteiger partial charge in [-0.3, -0.25) is 0 Å². The smallest absolute Gasteiger partial charge is 0.264 e. The number of nitrogens with two attached hydrogens (primary N) is 1. The third kappa shape index (κ3) is 3.43. The first-order valence-electron chi connectivity index (χ1n) is 6.40. The zero-order chi connectivity index (χ0) is 16.3. The Morgan fingerprint density at radius 3 is 2.59 bits per heavy atom. The standard InChI is InChI=1S/C15H15F3N2O2/c1-20(19)13-4-2-3-10(15(17)18)11(13)8-22-14-6-5-9(21)7-12(14)16/h2-7,15,21H,8,19H2,1H3. The molecule has 2 aromatic rings. The molecule has 0 spiro atoms. The van der Waals surface area contributed by atoms with Crippen LogP contribution in [0.15, 0.2) is 36.4 Å². The van der Waals surface area contributed by atoms with Crippen molar-refractivity contribution in [3.8, 4) is 11.5 Å². The Morgan fingerprint density at radius 1 is 1.27 bits per heavy atom. The molecule has 0 bridgehead atoms. The van der Waals surface area contributed by atoms with Gasteiger partial charge in [0.1, 0.15) is 12.4 Å². The summed E-state index contributed by atoms with van der Waals surface area (Å²) in [7, 11) is 1.51. The molecule has 7 heteroatoms. The van der Waals surface area contributed by atoms with Gasteiger partial charge in [0.15, 0.2) is 11.6 Å². The zero-order valence-electron chi connectivity index (χ0n) is 11.8. The molecule has 0 aliphatic heterocycles. The third-order valence-corrected chi connectivity index (χ3v) is 3.09. The first-order valence-corrected chi connectivity index (χ1v) is 6.40. The lowest BCUT2D eigenvalue weighted by atomic mass is 10.1. The highest BCUT2D eigenvalue weighted by Crippen LogP contribution is 2.31. The average molecular weight is 312 g/mol. The van der Waals surface area contributed by atoms with Crippen LogP contribution in [-0.4, -0.2) is 12.2 Å². The van der Waals surface area contributed by atoms with Crippen LogP contribution in [0.25, 0.3) is 0 Å². The zero-order valence-corrected chi connectivity index (χ0v) is 11.8. The maximum atomic E-state index is 13.6. The molecule has 0 unspecified atom stereocenters. The number of anilines is 1. The van der Waals surface area contributed by atoms with Gasteiger partial charge < -0.3 is 14.9 Å². The van der Waals surface area contributed by atoms with Crippen LogP contribution in [0, 0.1) is 5.82 Å². The van der Waals surface area contributed by atoms with E-state index in [1.54, 1.807) is 6.07 Å². The normalized spacial score (nSPS) is 10.8. The molecule has 0 fully saturated rings. The fourth-order valence-corrected chi connectivity index (χ4v) is 2.04. The fraction of sp³-hybridized carbons (Fsp3) is 0.200. The predicted molar refractivity (Wildman–Crippen MR) is 76.4 cm³/mol. The second kappa shape index (κ2) is 6.57. The van der Waals surface area contributed by atoms with Crippen LogP contribution in [0.1, 0.15) is 17.6 Å². The molecule has 2 rings (SSSR count). The number of hydrazine groups is 1. The number of ether oxygens (including phenoxy) is 1. The van der Waals surface area contributed by atoms with Gasteiger partial charge in [-0.2, -0.15) is 0 Å². The number of alkyl halides is 2. The molecule has 118 valence electrons. The number of nitrogens with zero attached hydrogens (tertiary/aromatic N) is 1. The number of rotatable bonds is 5. The molecular formula is C15H15F3N2O2. The van der Waals surface area contributed by atoms with Gasteiger partial charge in [0.05, 0.1) is 5.69 Å². The van der Waals surface area contributed by atoms with Crippen LogP contribution in [0.5, 0.6) is 11.5 Å². The number of benzene rings is 2. The Morgan fingerprint density at radius 2 is 2.00 bits per heavy atom. The number of aromatic hydroxyl groups is 1. The molecule has 0 saturated carbocycles. The monoisotopic (exact) mass is 312 g/mol. The Hall–Kier alpha value is -2.41. The summed E-state index contributed by atoms with van der Waals surface area (Å²) in [5.74, 6) is 4.45. The van der Waals surface area contributed by atoms with Crippen LogP contribution in [-0.2, 0) is 6.61 Å². The highest BCUT2D eigenvalue weighted by Gasteiger charge is 2.18. The molecule has 0 aliphatic carbocycles. The number of hydrogen-bond acceptors (Lipinski definition) is 4. The van der Waals surface area contributed by atoms with E-state index in [1.165, 1.54) is 36.3 Å². The summed E-state index contributed by atoms with van der Waals surface area (Å²) >= 11 is 0. The Kier molecular flexibility index (Phi) is 4.77. The molecule has 3 N–H and O–H groups in total. The lowest BCUT2D eigenvalue weighted by molar-refractivity contribution is 0.148. The topological polar surface area (TPSA) is 58.7 Å². The van der Waals surface area contributed by atoms with Crippen LogP contribution < -0.4 is 15.6 Å². The maximum Gasteiger partial charge on any atom is 0.264 e. The van der Waals surface area contributed by atoms with Crippen LogP contribution in [0.4, 0.5) is 18.9 Å². The molecule has 0 saturated heterocycles. The van der Waals surface area contributed by atoms with Gasteiger partial charge in [0, 0.05) is 24.2 Å². The second-order valence-corrected chi connectivity index (χ2v) is 4.66. The second-order valence-electron chi connectivity index (χ2n) is 4.66. The molecule has 0 aliphatic rings. The van der Waals surface area contributed by atoms with Gasteiger partial charge in [-0.1, -0.05) is 12.1 Å². The van der Waals surface area contributed by atoms with Crippen LogP contribution in [0.3, 0.4) is 0 Å². The van der Waals surface area contributed by atoms with Gasteiger partial charge in [-0.25, -0.2) is 19.0 Å². The number of phenols is 1. The highest BCUT2D eigenvalue weighted by atomic mass is 19.3. The lowest BCUT2D eigenvalue weighted by Crippen LogP contribution is -2.27. The van der Waals surface area contributed by atoms with Crippen molar-refractivity contribution >= 4 is 5.69 Å². The lowest BCUT2D eigenvalue weighted by Gasteiger charge is -2.20. The van der Waals surface area contributed by atoms with Crippen molar-refractivity contribution in [1.82, 2.24) is 0 Å². The van der Waals surface area contributed by atoms with Crippen molar-refractivity contribution in [2.45, 2.75) is 13.0 Å². The van der Waals surface area contributed by atoms with Gasteiger partial charge in [0.25, 0.3) is 6.43 Å². The molecule has 0 aromatic heterocycles. The summed E-state index contributed by atoms with van der Waals surface area (Å²) in [6.45, 7) is -0.279. The molecule has 0 atom stereocenters. The van der Waals surface area contributed by atoms with Crippen molar-refractivity contribution in [2.24, 2.45) is 5.84 Å². The predicted octanol–water partition coefficient (Wildman–Crippen LogP) is 3.36. The molecule has 22 heavy (non-hydrogen) atoms. The van der Waals surface area contributed by atoms with E-state index in [0.717, 1.165) is 6.07 Å². The first kappa shape index (κ1) is 16.0. The minimum atomic E-state index is -2.71. The van der Waals surface area contributed by atoms with Crippen LogP contribution in [0.2, 0.25) is 0 Å². The van der Waals surface area contributed by atoms with Gasteiger partial charge in [0.2, 0.25) is 0 Å². The summed E-state index contributed by atoms with van der Waals surface area (Å²) < 4.78 is 45.1. The highest BCUT2D eigenvalue weighted by molar-refractivity contribution is 5.55. The summed E-state index contributed by atoms with van der Waals surface area (Å²) in [5.41, 5.74) is 0.306. The van der Waals surface area contributed by atoms with E-state index < -0.39 is 12.2 Å². The minimum Gasteiger partial charge on any atom is -0.508 e. The van der Waals surface area contributed by atoms with Crippen LogP contribution >= 0.6 is 0 Å². The third-order valence-electron chi connectivity index (χ3n) is 3.09. The van der Waals surface area contributed by atoms with E-state index >= 15 is 0 Å². The van der Waals surface area contributed by atoms with Crippen molar-refractivity contribution < 1.29 is 23.0 Å². The van der Waals surface area contributed by atoms with Crippen molar-refractivity contribution in [3.63, 3.8) is 0 Å². The SMILES string of the molecule is CN(N)c1cccc(C(F)F)c1COc1ccc(O)cc1F. The van der Waals surface area contributed by atoms with E-state index in [1.807, 2.05) is 0 Å². The molecular weight excluding hydrogens is 297 g/mol. The average Bonchev–Trinajstić information content (AvgIpc) is 2.45. The Balaban J connectivity index is 2.31.